The molecular formula is C19H19F5N2O3. The maximum atomic E-state index is 13.6. The van der Waals surface area contributed by atoms with Gasteiger partial charge < -0.3 is 19.7 Å². The second kappa shape index (κ2) is 9.55. The van der Waals surface area contributed by atoms with Gasteiger partial charge in [-0.15, -0.1) is 0 Å². The first-order valence-corrected chi connectivity index (χ1v) is 8.48. The van der Waals surface area contributed by atoms with Crippen molar-refractivity contribution >= 4 is 6.09 Å². The van der Waals surface area contributed by atoms with Crippen molar-refractivity contribution in [2.75, 3.05) is 27.7 Å². The molecule has 0 aliphatic carbocycles. The number of hydrogen-bond acceptors (Lipinski definition) is 4. The Hall–Kier alpha value is -2.88. The van der Waals surface area contributed by atoms with Crippen LogP contribution in [0.2, 0.25) is 0 Å². The molecule has 0 bridgehead atoms. The van der Waals surface area contributed by atoms with E-state index in [1.165, 1.54) is 19.0 Å². The lowest BCUT2D eigenvalue weighted by Crippen LogP contribution is -2.25. The number of halogens is 5. The summed E-state index contributed by atoms with van der Waals surface area (Å²) in [6.45, 7) is -0.318. The molecule has 1 amide bonds. The normalized spacial score (nSPS) is 11.9. The molecule has 0 aliphatic heterocycles. The number of ether oxygens (including phenoxy) is 2. The van der Waals surface area contributed by atoms with Gasteiger partial charge in [0.15, 0.2) is 5.75 Å². The summed E-state index contributed by atoms with van der Waals surface area (Å²) in [4.78, 5) is 12.8. The number of benzene rings is 2. The summed E-state index contributed by atoms with van der Waals surface area (Å²) in [5, 5.41) is 2.95. The minimum atomic E-state index is -2.24. The Bertz CT molecular complexity index is 846. The molecule has 10 heteroatoms. The van der Waals surface area contributed by atoms with Crippen LogP contribution in [0.3, 0.4) is 0 Å². The molecule has 0 spiro atoms. The van der Waals surface area contributed by atoms with Gasteiger partial charge in [-0.1, -0.05) is 12.1 Å². The molecule has 1 atom stereocenters. The fourth-order valence-corrected chi connectivity index (χ4v) is 2.43. The number of carbonyl (C=O) groups is 1. The van der Waals surface area contributed by atoms with E-state index in [0.717, 1.165) is 5.56 Å². The highest BCUT2D eigenvalue weighted by Gasteiger charge is 2.27. The van der Waals surface area contributed by atoms with E-state index in [4.69, 9.17) is 9.47 Å². The van der Waals surface area contributed by atoms with Crippen LogP contribution in [0.4, 0.5) is 26.7 Å². The van der Waals surface area contributed by atoms with Gasteiger partial charge in [0.2, 0.25) is 29.1 Å². The highest BCUT2D eigenvalue weighted by Crippen LogP contribution is 2.29. The van der Waals surface area contributed by atoms with Gasteiger partial charge in [-0.25, -0.2) is 18.0 Å². The Labute approximate surface area is 164 Å². The Kier molecular flexibility index (Phi) is 7.38. The third-order valence-corrected chi connectivity index (χ3v) is 4.02. The summed E-state index contributed by atoms with van der Waals surface area (Å²) >= 11 is 0. The topological polar surface area (TPSA) is 50.8 Å². The molecular weight excluding hydrogens is 399 g/mol. The predicted molar refractivity (Wildman–Crippen MR) is 94.3 cm³/mol. The van der Waals surface area contributed by atoms with Gasteiger partial charge in [0.1, 0.15) is 5.75 Å². The number of carbonyl (C=O) groups excluding carboxylic acids is 1. The molecule has 0 saturated heterocycles. The quantitative estimate of drug-likeness (QED) is 0.417. The van der Waals surface area contributed by atoms with E-state index in [1.54, 1.807) is 31.3 Å². The van der Waals surface area contributed by atoms with Gasteiger partial charge in [0.25, 0.3) is 0 Å². The standard InChI is InChI=1S/C19H19F5N2O3/c1-25-12(10-4-6-11(7-5-10)29-19(27)26(2)3)8-9-28-18-16(23)14(21)13(20)15(22)17(18)24/h4-7,12,25H,8-9H2,1-3H3. The number of hydrogen-bond donors (Lipinski definition) is 1. The summed E-state index contributed by atoms with van der Waals surface area (Å²) in [6.07, 6.45) is -0.383. The van der Waals surface area contributed by atoms with E-state index in [2.05, 4.69) is 5.32 Å². The molecule has 2 aromatic rings. The molecule has 1 unspecified atom stereocenters. The molecule has 0 aliphatic rings. The van der Waals surface area contributed by atoms with Crippen molar-refractivity contribution in [2.24, 2.45) is 0 Å². The lowest BCUT2D eigenvalue weighted by molar-refractivity contribution is 0.172. The van der Waals surface area contributed by atoms with E-state index < -0.39 is 40.9 Å². The molecule has 5 nitrogen and oxygen atoms in total. The molecule has 158 valence electrons. The van der Waals surface area contributed by atoms with Gasteiger partial charge in [-0.05, 0) is 24.7 Å². The summed E-state index contributed by atoms with van der Waals surface area (Å²) in [7, 11) is 4.71. The third-order valence-electron chi connectivity index (χ3n) is 4.02. The molecule has 0 heterocycles. The van der Waals surface area contributed by atoms with Crippen LogP contribution in [-0.2, 0) is 0 Å². The Morgan fingerprint density at radius 3 is 1.97 bits per heavy atom. The molecule has 0 aromatic heterocycles. The van der Waals surface area contributed by atoms with Crippen LogP contribution in [0.25, 0.3) is 0 Å². The summed E-state index contributed by atoms with van der Waals surface area (Å²) in [5.74, 6) is -11.4. The second-order valence-electron chi connectivity index (χ2n) is 6.21. The van der Waals surface area contributed by atoms with E-state index in [1.807, 2.05) is 0 Å². The highest BCUT2D eigenvalue weighted by molar-refractivity contribution is 5.69. The van der Waals surface area contributed by atoms with E-state index in [-0.39, 0.29) is 19.1 Å². The van der Waals surface area contributed by atoms with Crippen molar-refractivity contribution in [3.8, 4) is 11.5 Å². The van der Waals surface area contributed by atoms with Crippen molar-refractivity contribution < 1.29 is 36.2 Å². The van der Waals surface area contributed by atoms with Gasteiger partial charge in [0, 0.05) is 26.6 Å². The van der Waals surface area contributed by atoms with Crippen LogP contribution < -0.4 is 14.8 Å². The molecule has 1 N–H and O–H groups in total. The number of nitrogens with zero attached hydrogens (tertiary/aromatic N) is 1. The summed E-state index contributed by atoms with van der Waals surface area (Å²) in [6, 6.07) is 6.10. The third kappa shape index (κ3) is 5.14. The Balaban J connectivity index is 2.04. The highest BCUT2D eigenvalue weighted by atomic mass is 19.2. The zero-order valence-electron chi connectivity index (χ0n) is 15.9. The Morgan fingerprint density at radius 2 is 1.48 bits per heavy atom. The molecule has 2 rings (SSSR count). The fraction of sp³-hybridized carbons (Fsp3) is 0.316. The first-order valence-electron chi connectivity index (χ1n) is 8.48. The smallest absolute Gasteiger partial charge is 0.414 e. The zero-order chi connectivity index (χ0) is 21.7. The van der Waals surface area contributed by atoms with Gasteiger partial charge >= 0.3 is 6.09 Å². The first kappa shape index (κ1) is 22.4. The first-order chi connectivity index (χ1) is 13.7. The molecule has 0 radical (unpaired) electrons. The molecule has 29 heavy (non-hydrogen) atoms. The molecule has 0 saturated carbocycles. The maximum Gasteiger partial charge on any atom is 0.414 e. The average Bonchev–Trinajstić information content (AvgIpc) is 2.71. The molecule has 0 fully saturated rings. The van der Waals surface area contributed by atoms with E-state index in [0.29, 0.717) is 5.75 Å². The number of nitrogens with one attached hydrogen (secondary N) is 1. The van der Waals surface area contributed by atoms with Crippen molar-refractivity contribution in [3.63, 3.8) is 0 Å². The molecule has 2 aromatic carbocycles. The largest absolute Gasteiger partial charge is 0.487 e. The predicted octanol–water partition coefficient (Wildman–Crippen LogP) is 4.17. The van der Waals surface area contributed by atoms with Gasteiger partial charge in [-0.2, -0.15) is 8.78 Å². The maximum absolute atomic E-state index is 13.6. The van der Waals surface area contributed by atoms with Gasteiger partial charge in [0.05, 0.1) is 6.61 Å². The Morgan fingerprint density at radius 1 is 0.966 bits per heavy atom. The van der Waals surface area contributed by atoms with E-state index >= 15 is 0 Å². The van der Waals surface area contributed by atoms with Crippen LogP contribution >= 0.6 is 0 Å². The van der Waals surface area contributed by atoms with Crippen LogP contribution in [-0.4, -0.2) is 38.7 Å². The minimum Gasteiger partial charge on any atom is -0.487 e. The lowest BCUT2D eigenvalue weighted by atomic mass is 10.0. The average molecular weight is 418 g/mol. The summed E-state index contributed by atoms with van der Waals surface area (Å²) < 4.78 is 76.7. The van der Waals surface area contributed by atoms with E-state index in [9.17, 15) is 26.7 Å². The minimum absolute atomic E-state index is 0.160. The van der Waals surface area contributed by atoms with Crippen LogP contribution in [0, 0.1) is 29.1 Å². The SMILES string of the molecule is CNC(CCOc1c(F)c(F)c(F)c(F)c1F)c1ccc(OC(=O)N(C)C)cc1. The second-order valence-corrected chi connectivity index (χ2v) is 6.21. The number of amides is 1. The summed E-state index contributed by atoms with van der Waals surface area (Å²) in [5.41, 5.74) is 0.734. The van der Waals surface area contributed by atoms with Crippen molar-refractivity contribution in [3.05, 3.63) is 58.9 Å². The van der Waals surface area contributed by atoms with Crippen LogP contribution in [0.1, 0.15) is 18.0 Å². The number of rotatable bonds is 7. The van der Waals surface area contributed by atoms with Crippen LogP contribution in [0.5, 0.6) is 11.5 Å². The van der Waals surface area contributed by atoms with Crippen molar-refractivity contribution in [1.82, 2.24) is 10.2 Å². The fourth-order valence-electron chi connectivity index (χ4n) is 2.43. The lowest BCUT2D eigenvalue weighted by Gasteiger charge is -2.18. The van der Waals surface area contributed by atoms with Crippen LogP contribution in [0.15, 0.2) is 24.3 Å². The van der Waals surface area contributed by atoms with Crippen molar-refractivity contribution in [1.29, 1.82) is 0 Å². The zero-order valence-corrected chi connectivity index (χ0v) is 15.9. The monoisotopic (exact) mass is 418 g/mol. The van der Waals surface area contributed by atoms with Gasteiger partial charge in [-0.3, -0.25) is 0 Å². The van der Waals surface area contributed by atoms with Crippen molar-refractivity contribution in [2.45, 2.75) is 12.5 Å².